The maximum Gasteiger partial charge on any atom is 0.411 e. The zero-order chi connectivity index (χ0) is 24.6. The number of anilines is 1. The first kappa shape index (κ1) is 23.7. The van der Waals surface area contributed by atoms with Gasteiger partial charge >= 0.3 is 12.1 Å². The van der Waals surface area contributed by atoms with Crippen LogP contribution in [0.3, 0.4) is 0 Å². The third-order valence-electron chi connectivity index (χ3n) is 5.70. The van der Waals surface area contributed by atoms with Gasteiger partial charge in [0.15, 0.2) is 0 Å². The third kappa shape index (κ3) is 6.34. The van der Waals surface area contributed by atoms with Gasteiger partial charge in [-0.05, 0) is 71.8 Å². The average Bonchev–Trinajstić information content (AvgIpc) is 3.20. The predicted molar refractivity (Wildman–Crippen MR) is 133 cm³/mol. The number of carbonyl (C=O) groups excluding carboxylic acids is 3. The highest BCUT2D eigenvalue weighted by atomic mass is 16.5. The third-order valence-corrected chi connectivity index (χ3v) is 5.70. The number of rotatable bonds is 8. The molecule has 3 aromatic carbocycles. The lowest BCUT2D eigenvalue weighted by atomic mass is 10.1. The summed E-state index contributed by atoms with van der Waals surface area (Å²) in [5.74, 6) is 0. The monoisotopic (exact) mass is 470 g/mol. The molecule has 0 bridgehead atoms. The van der Waals surface area contributed by atoms with Crippen LogP contribution in [0.4, 0.5) is 21.0 Å². The molecule has 0 unspecified atom stereocenters. The summed E-state index contributed by atoms with van der Waals surface area (Å²) in [6.07, 6.45) is 2.20. The molecule has 0 aliphatic heterocycles. The summed E-state index contributed by atoms with van der Waals surface area (Å²) < 4.78 is 5.22. The van der Waals surface area contributed by atoms with E-state index in [2.05, 4.69) is 20.9 Å². The lowest BCUT2D eigenvalue weighted by Crippen LogP contribution is -2.36. The molecule has 0 heterocycles. The Balaban J connectivity index is 1.16. The minimum absolute atomic E-state index is 0.181. The van der Waals surface area contributed by atoms with E-state index in [1.54, 1.807) is 12.1 Å². The molecule has 0 spiro atoms. The minimum atomic E-state index is -0.549. The molecule has 3 aromatic rings. The van der Waals surface area contributed by atoms with Crippen molar-refractivity contribution in [2.45, 2.75) is 26.3 Å². The lowest BCUT2D eigenvalue weighted by Gasteiger charge is -2.10. The van der Waals surface area contributed by atoms with E-state index < -0.39 is 6.09 Å². The first-order valence-electron chi connectivity index (χ1n) is 11.4. The van der Waals surface area contributed by atoms with Gasteiger partial charge in [0.2, 0.25) is 6.08 Å². The summed E-state index contributed by atoms with van der Waals surface area (Å²) in [7, 11) is 0. The van der Waals surface area contributed by atoms with Crippen molar-refractivity contribution in [2.24, 2.45) is 4.99 Å². The number of aryl methyl sites for hydroxylation is 1. The number of benzene rings is 3. The highest BCUT2D eigenvalue weighted by Crippen LogP contribution is 2.39. The highest BCUT2D eigenvalue weighted by Gasteiger charge is 2.19. The molecule has 0 fully saturated rings. The second-order valence-corrected chi connectivity index (χ2v) is 8.30. The van der Waals surface area contributed by atoms with Crippen LogP contribution in [0.25, 0.3) is 11.1 Å². The van der Waals surface area contributed by atoms with Crippen molar-refractivity contribution in [1.29, 1.82) is 0 Å². The second-order valence-electron chi connectivity index (χ2n) is 8.30. The Morgan fingerprint density at radius 2 is 1.71 bits per heavy atom. The molecule has 8 heteroatoms. The zero-order valence-corrected chi connectivity index (χ0v) is 19.4. The number of hydrogen-bond donors (Lipinski definition) is 3. The van der Waals surface area contributed by atoms with E-state index >= 15 is 0 Å². The van der Waals surface area contributed by atoms with E-state index in [1.165, 1.54) is 5.56 Å². The van der Waals surface area contributed by atoms with Gasteiger partial charge < -0.3 is 15.4 Å². The van der Waals surface area contributed by atoms with Crippen LogP contribution < -0.4 is 16.0 Å². The van der Waals surface area contributed by atoms with Crippen molar-refractivity contribution in [1.82, 2.24) is 10.6 Å². The summed E-state index contributed by atoms with van der Waals surface area (Å²) in [5.41, 5.74) is 7.75. The van der Waals surface area contributed by atoms with Crippen molar-refractivity contribution in [3.05, 3.63) is 82.9 Å². The average molecular weight is 471 g/mol. The quantitative estimate of drug-likeness (QED) is 0.192. The number of ether oxygens (including phenoxy) is 1. The molecule has 0 saturated heterocycles. The first-order valence-corrected chi connectivity index (χ1v) is 11.4. The van der Waals surface area contributed by atoms with E-state index in [4.69, 9.17) is 4.74 Å². The molecule has 1 aliphatic rings. The number of isocyanates is 1. The molecule has 1 aliphatic carbocycles. The van der Waals surface area contributed by atoms with E-state index in [9.17, 15) is 14.4 Å². The minimum Gasteiger partial charge on any atom is -0.449 e. The van der Waals surface area contributed by atoms with E-state index in [0.717, 1.165) is 27.8 Å². The number of aliphatic imine (C=N–C) groups is 1. The normalized spacial score (nSPS) is 11.0. The molecular weight excluding hydrogens is 444 g/mol. The maximum absolute atomic E-state index is 12.1. The molecule has 0 saturated carbocycles. The first-order chi connectivity index (χ1) is 17.0. The molecule has 3 N–H and O–H groups in total. The molecule has 4 rings (SSSR count). The molecule has 8 nitrogen and oxygen atoms in total. The smallest absolute Gasteiger partial charge is 0.411 e. The standard InChI is InChI=1S/C27H26N4O4/c1-18-3-5-19(6-4-18)16-29-26(33)28-11-2-12-35-27(34)31-23-8-10-25-21(15-23)13-20-14-22(30-17-32)7-9-24(20)25/h3-10,14-15H,2,11-13,16H2,1H3,(H,31,34)(H2,28,29,33). The van der Waals surface area contributed by atoms with E-state index in [0.29, 0.717) is 37.3 Å². The number of nitrogens with zero attached hydrogens (tertiary/aromatic N) is 1. The van der Waals surface area contributed by atoms with Gasteiger partial charge in [-0.25, -0.2) is 14.4 Å². The largest absolute Gasteiger partial charge is 0.449 e. The van der Waals surface area contributed by atoms with E-state index in [-0.39, 0.29) is 12.6 Å². The van der Waals surface area contributed by atoms with Crippen LogP contribution >= 0.6 is 0 Å². The van der Waals surface area contributed by atoms with Gasteiger partial charge in [0.25, 0.3) is 0 Å². The zero-order valence-electron chi connectivity index (χ0n) is 19.4. The Morgan fingerprint density at radius 1 is 0.971 bits per heavy atom. The molecule has 3 amide bonds. The van der Waals surface area contributed by atoms with Crippen molar-refractivity contribution >= 4 is 29.6 Å². The van der Waals surface area contributed by atoms with Crippen LogP contribution in [-0.2, 0) is 22.5 Å². The second kappa shape index (κ2) is 11.1. The Bertz CT molecular complexity index is 1280. The van der Waals surface area contributed by atoms with Gasteiger partial charge in [0.05, 0.1) is 12.3 Å². The molecule has 0 radical (unpaired) electrons. The molecule has 178 valence electrons. The number of amides is 3. The Morgan fingerprint density at radius 3 is 2.49 bits per heavy atom. The number of hydrogen-bond acceptors (Lipinski definition) is 5. The van der Waals surface area contributed by atoms with Gasteiger partial charge in [-0.3, -0.25) is 5.32 Å². The fraction of sp³-hybridized carbons (Fsp3) is 0.222. The van der Waals surface area contributed by atoms with Gasteiger partial charge in [0.1, 0.15) is 0 Å². The number of carbonyl (C=O) groups is 2. The Hall–Kier alpha value is -4.42. The topological polar surface area (TPSA) is 109 Å². The summed E-state index contributed by atoms with van der Waals surface area (Å²) in [5, 5.41) is 8.28. The highest BCUT2D eigenvalue weighted by molar-refractivity contribution is 5.87. The number of fused-ring (bicyclic) bond motifs is 3. The van der Waals surface area contributed by atoms with Gasteiger partial charge in [0, 0.05) is 18.8 Å². The predicted octanol–water partition coefficient (Wildman–Crippen LogP) is 4.97. The molecule has 35 heavy (non-hydrogen) atoms. The van der Waals surface area contributed by atoms with Gasteiger partial charge in [-0.1, -0.05) is 42.0 Å². The van der Waals surface area contributed by atoms with Crippen molar-refractivity contribution < 1.29 is 19.1 Å². The number of nitrogens with one attached hydrogen (secondary N) is 3. The lowest BCUT2D eigenvalue weighted by molar-refractivity contribution is 0.160. The maximum atomic E-state index is 12.1. The van der Waals surface area contributed by atoms with Crippen LogP contribution in [0, 0.1) is 6.92 Å². The summed E-state index contributed by atoms with van der Waals surface area (Å²) in [6, 6.07) is 19.0. The fourth-order valence-electron chi connectivity index (χ4n) is 3.94. The van der Waals surface area contributed by atoms with Gasteiger partial charge in [-0.15, -0.1) is 0 Å². The van der Waals surface area contributed by atoms with Crippen molar-refractivity contribution in [2.75, 3.05) is 18.5 Å². The summed E-state index contributed by atoms with van der Waals surface area (Å²) in [6.45, 7) is 3.03. The molecule has 0 atom stereocenters. The number of urea groups is 1. The van der Waals surface area contributed by atoms with Crippen LogP contribution in [0.2, 0.25) is 0 Å². The molecule has 0 aromatic heterocycles. The van der Waals surface area contributed by atoms with Crippen LogP contribution in [0.1, 0.15) is 28.7 Å². The van der Waals surface area contributed by atoms with Crippen molar-refractivity contribution in [3.8, 4) is 11.1 Å². The Kier molecular flexibility index (Phi) is 7.55. The van der Waals surface area contributed by atoms with E-state index in [1.807, 2.05) is 61.5 Å². The Labute approximate surface area is 203 Å². The van der Waals surface area contributed by atoms with Crippen LogP contribution in [-0.4, -0.2) is 31.4 Å². The fourth-order valence-corrected chi connectivity index (χ4v) is 3.94. The van der Waals surface area contributed by atoms with Crippen LogP contribution in [0.5, 0.6) is 0 Å². The molecular formula is C27H26N4O4. The van der Waals surface area contributed by atoms with Crippen molar-refractivity contribution in [3.63, 3.8) is 0 Å². The summed E-state index contributed by atoms with van der Waals surface area (Å²) in [4.78, 5) is 38.2. The van der Waals surface area contributed by atoms with Crippen LogP contribution in [0.15, 0.2) is 65.7 Å². The summed E-state index contributed by atoms with van der Waals surface area (Å²) >= 11 is 0. The SMILES string of the molecule is Cc1ccc(CNC(=O)NCCCOC(=O)Nc2ccc3c(c2)Cc2cc(N=C=O)ccc2-3)cc1. The van der Waals surface area contributed by atoms with Gasteiger partial charge in [-0.2, -0.15) is 4.99 Å².